The Morgan fingerprint density at radius 1 is 0.314 bits per heavy atom. The SMILES string of the molecule is c1ccc(-c2nc(-c3ccc4c(c3)oc3ccccc34)nc(-c3cccc4c(-c5ccccc5)c(-c5ccccc5)c5ccccc5c34)n2)cc1. The minimum Gasteiger partial charge on any atom is -0.456 e. The predicted octanol–water partition coefficient (Wildman–Crippen LogP) is 12.4. The predicted molar refractivity (Wildman–Crippen MR) is 209 cm³/mol. The van der Waals surface area contributed by atoms with Crippen molar-refractivity contribution >= 4 is 43.5 Å². The van der Waals surface area contributed by atoms with Crippen LogP contribution in [0.15, 0.2) is 180 Å². The summed E-state index contributed by atoms with van der Waals surface area (Å²) < 4.78 is 6.28. The molecule has 51 heavy (non-hydrogen) atoms. The second kappa shape index (κ2) is 11.9. The summed E-state index contributed by atoms with van der Waals surface area (Å²) in [7, 11) is 0. The first-order valence-electron chi connectivity index (χ1n) is 17.1. The normalized spacial score (nSPS) is 11.5. The van der Waals surface area contributed by atoms with Gasteiger partial charge >= 0.3 is 0 Å². The van der Waals surface area contributed by atoms with Crippen molar-refractivity contribution in [3.63, 3.8) is 0 Å². The van der Waals surface area contributed by atoms with Crippen molar-refractivity contribution < 1.29 is 4.42 Å². The van der Waals surface area contributed by atoms with Gasteiger partial charge in [-0.25, -0.2) is 15.0 Å². The van der Waals surface area contributed by atoms with Crippen molar-refractivity contribution in [2.24, 2.45) is 0 Å². The van der Waals surface area contributed by atoms with E-state index in [1.54, 1.807) is 0 Å². The Morgan fingerprint density at radius 2 is 0.824 bits per heavy atom. The largest absolute Gasteiger partial charge is 0.456 e. The molecule has 4 nitrogen and oxygen atoms in total. The number of fused-ring (bicyclic) bond motifs is 6. The molecule has 4 heteroatoms. The van der Waals surface area contributed by atoms with Gasteiger partial charge in [0.05, 0.1) is 0 Å². The molecular formula is C47H29N3O. The van der Waals surface area contributed by atoms with Gasteiger partial charge in [0.1, 0.15) is 11.2 Å². The zero-order chi connectivity index (χ0) is 33.7. The molecule has 0 fully saturated rings. The lowest BCUT2D eigenvalue weighted by atomic mass is 9.83. The Hall–Kier alpha value is -6.91. The molecule has 0 unspecified atom stereocenters. The first-order chi connectivity index (χ1) is 25.3. The fraction of sp³-hybridized carbons (Fsp3) is 0. The zero-order valence-corrected chi connectivity index (χ0v) is 27.5. The number of aromatic nitrogens is 3. The summed E-state index contributed by atoms with van der Waals surface area (Å²) in [5, 5.41) is 6.73. The van der Waals surface area contributed by atoms with Crippen molar-refractivity contribution in [3.05, 3.63) is 176 Å². The molecular weight excluding hydrogens is 623 g/mol. The number of hydrogen-bond acceptors (Lipinski definition) is 4. The van der Waals surface area contributed by atoms with E-state index in [9.17, 15) is 0 Å². The van der Waals surface area contributed by atoms with Crippen LogP contribution in [0.3, 0.4) is 0 Å². The highest BCUT2D eigenvalue weighted by molar-refractivity contribution is 6.25. The molecule has 0 saturated carbocycles. The van der Waals surface area contributed by atoms with Gasteiger partial charge in [-0.15, -0.1) is 0 Å². The zero-order valence-electron chi connectivity index (χ0n) is 27.5. The van der Waals surface area contributed by atoms with Crippen molar-refractivity contribution in [1.82, 2.24) is 15.0 Å². The Balaban J connectivity index is 1.28. The van der Waals surface area contributed by atoms with E-state index < -0.39 is 0 Å². The van der Waals surface area contributed by atoms with E-state index in [4.69, 9.17) is 19.4 Å². The summed E-state index contributed by atoms with van der Waals surface area (Å²) in [6, 6.07) is 61.1. The summed E-state index contributed by atoms with van der Waals surface area (Å²) in [5.41, 5.74) is 9.13. The van der Waals surface area contributed by atoms with Gasteiger partial charge in [0, 0.05) is 32.8 Å². The fourth-order valence-corrected chi connectivity index (χ4v) is 7.44. The van der Waals surface area contributed by atoms with Crippen LogP contribution in [0.5, 0.6) is 0 Å². The maximum atomic E-state index is 6.28. The summed E-state index contributed by atoms with van der Waals surface area (Å²) in [4.78, 5) is 15.5. The maximum Gasteiger partial charge on any atom is 0.164 e. The van der Waals surface area contributed by atoms with E-state index >= 15 is 0 Å². The fourth-order valence-electron chi connectivity index (χ4n) is 7.44. The van der Waals surface area contributed by atoms with Crippen molar-refractivity contribution in [1.29, 1.82) is 0 Å². The van der Waals surface area contributed by atoms with Gasteiger partial charge < -0.3 is 4.42 Å². The molecule has 2 heterocycles. The molecule has 0 aliphatic heterocycles. The number of nitrogens with zero attached hydrogens (tertiary/aromatic N) is 3. The molecule has 2 aromatic heterocycles. The molecule has 10 rings (SSSR count). The van der Waals surface area contributed by atoms with E-state index in [2.05, 4.69) is 121 Å². The van der Waals surface area contributed by atoms with E-state index in [1.807, 2.05) is 54.6 Å². The van der Waals surface area contributed by atoms with Gasteiger partial charge in [-0.1, -0.05) is 158 Å². The maximum absolute atomic E-state index is 6.28. The lowest BCUT2D eigenvalue weighted by molar-refractivity contribution is 0.669. The standard InChI is InChI=1S/C47H29N3O/c1-4-15-30(16-5-1)42-36-22-10-11-23-37(36)44-38(43(42)31-17-6-2-7-18-31)24-14-25-39(44)47-49-45(32-19-8-3-9-20-32)48-46(50-47)33-27-28-35-34-21-12-13-26-40(34)51-41(35)29-33/h1-29H. The van der Waals surface area contributed by atoms with Gasteiger partial charge in [0.15, 0.2) is 17.5 Å². The van der Waals surface area contributed by atoms with Crippen LogP contribution in [0.25, 0.3) is 99.9 Å². The summed E-state index contributed by atoms with van der Waals surface area (Å²) in [6.07, 6.45) is 0. The smallest absolute Gasteiger partial charge is 0.164 e. The molecule has 238 valence electrons. The molecule has 0 bridgehead atoms. The van der Waals surface area contributed by atoms with Crippen LogP contribution in [0, 0.1) is 0 Å². The molecule has 0 saturated heterocycles. The van der Waals surface area contributed by atoms with Crippen LogP contribution in [-0.2, 0) is 0 Å². The van der Waals surface area contributed by atoms with Crippen LogP contribution < -0.4 is 0 Å². The Labute approximate surface area is 294 Å². The second-order valence-electron chi connectivity index (χ2n) is 12.7. The third-order valence-corrected chi connectivity index (χ3v) is 9.72. The van der Waals surface area contributed by atoms with E-state index in [0.717, 1.165) is 60.4 Å². The van der Waals surface area contributed by atoms with Crippen molar-refractivity contribution in [2.45, 2.75) is 0 Å². The molecule has 0 N–H and O–H groups in total. The minimum atomic E-state index is 0.590. The molecule has 0 atom stereocenters. The molecule has 0 aliphatic rings. The summed E-state index contributed by atoms with van der Waals surface area (Å²) in [6.45, 7) is 0. The molecule has 8 aromatic carbocycles. The number of benzene rings is 8. The number of para-hydroxylation sites is 1. The number of hydrogen-bond donors (Lipinski definition) is 0. The van der Waals surface area contributed by atoms with Gasteiger partial charge in [-0.2, -0.15) is 0 Å². The third-order valence-electron chi connectivity index (χ3n) is 9.72. The third kappa shape index (κ3) is 4.88. The molecule has 0 spiro atoms. The molecule has 0 aliphatic carbocycles. The van der Waals surface area contributed by atoms with Crippen LogP contribution in [0.4, 0.5) is 0 Å². The van der Waals surface area contributed by atoms with Crippen molar-refractivity contribution in [3.8, 4) is 56.4 Å². The quantitative estimate of drug-likeness (QED) is 0.174. The van der Waals surface area contributed by atoms with E-state index in [0.29, 0.717) is 17.5 Å². The average Bonchev–Trinajstić information content (AvgIpc) is 3.59. The minimum absolute atomic E-state index is 0.590. The van der Waals surface area contributed by atoms with Crippen LogP contribution in [-0.4, -0.2) is 15.0 Å². The highest BCUT2D eigenvalue weighted by Gasteiger charge is 2.22. The molecule has 0 radical (unpaired) electrons. The van der Waals surface area contributed by atoms with Gasteiger partial charge in [0.25, 0.3) is 0 Å². The topological polar surface area (TPSA) is 51.8 Å². The summed E-state index contributed by atoms with van der Waals surface area (Å²) >= 11 is 0. The first kappa shape index (κ1) is 29.0. The average molecular weight is 652 g/mol. The second-order valence-corrected chi connectivity index (χ2v) is 12.7. The summed E-state index contributed by atoms with van der Waals surface area (Å²) in [5.74, 6) is 1.82. The van der Waals surface area contributed by atoms with Crippen LogP contribution in [0.2, 0.25) is 0 Å². The lowest BCUT2D eigenvalue weighted by Crippen LogP contribution is -2.01. The Kier molecular flexibility index (Phi) is 6.78. The van der Waals surface area contributed by atoms with Crippen molar-refractivity contribution in [2.75, 3.05) is 0 Å². The monoisotopic (exact) mass is 651 g/mol. The highest BCUT2D eigenvalue weighted by Crippen LogP contribution is 2.47. The highest BCUT2D eigenvalue weighted by atomic mass is 16.3. The van der Waals surface area contributed by atoms with E-state index in [-0.39, 0.29) is 0 Å². The van der Waals surface area contributed by atoms with Crippen LogP contribution in [0.1, 0.15) is 0 Å². The van der Waals surface area contributed by atoms with Gasteiger partial charge in [0.2, 0.25) is 0 Å². The number of furan rings is 1. The molecule has 0 amide bonds. The lowest BCUT2D eigenvalue weighted by Gasteiger charge is -2.20. The molecule has 10 aromatic rings. The van der Waals surface area contributed by atoms with E-state index in [1.165, 1.54) is 22.1 Å². The van der Waals surface area contributed by atoms with Gasteiger partial charge in [-0.3, -0.25) is 0 Å². The Morgan fingerprint density at radius 3 is 1.53 bits per heavy atom. The first-order valence-corrected chi connectivity index (χ1v) is 17.1. The van der Waals surface area contributed by atoms with Gasteiger partial charge in [-0.05, 0) is 56.6 Å². The Bertz CT molecular complexity index is 2900. The number of rotatable bonds is 5. The van der Waals surface area contributed by atoms with Crippen LogP contribution >= 0.6 is 0 Å².